The number of carbonyl (C=O) groups excluding carboxylic acids is 3. The number of carboxylic acids is 2. The lowest BCUT2D eigenvalue weighted by molar-refractivity contribution is -0.314. The quantitative estimate of drug-likeness (QED) is 0.798. The molecule has 0 spiro atoms. The highest BCUT2D eigenvalue weighted by Gasteiger charge is 2.51. The molecule has 1 aromatic rings. The highest BCUT2D eigenvalue weighted by molar-refractivity contribution is 5.96. The Hall–Kier alpha value is -2.37. The number of carboxylic acid groups (broad SMARTS) is 2. The Labute approximate surface area is 127 Å². The van der Waals surface area contributed by atoms with Crippen LogP contribution in [-0.4, -0.2) is 17.8 Å². The van der Waals surface area contributed by atoms with E-state index in [1.54, 1.807) is 0 Å². The molecular formula is C16H15NO5-2. The third-order valence-corrected chi connectivity index (χ3v) is 4.88. The van der Waals surface area contributed by atoms with Crippen molar-refractivity contribution in [1.82, 2.24) is 0 Å². The van der Waals surface area contributed by atoms with Crippen LogP contribution in [0.5, 0.6) is 0 Å². The van der Waals surface area contributed by atoms with Gasteiger partial charge in [-0.3, -0.25) is 4.79 Å². The van der Waals surface area contributed by atoms with Crippen molar-refractivity contribution in [3.05, 3.63) is 29.8 Å². The summed E-state index contributed by atoms with van der Waals surface area (Å²) in [5, 5.41) is 24.7. The first-order valence-electron chi connectivity index (χ1n) is 7.30. The minimum Gasteiger partial charge on any atom is -0.550 e. The van der Waals surface area contributed by atoms with E-state index in [-0.39, 0.29) is 23.3 Å². The van der Waals surface area contributed by atoms with Crippen LogP contribution in [0.15, 0.2) is 24.3 Å². The average Bonchev–Trinajstić information content (AvgIpc) is 3.08. The highest BCUT2D eigenvalue weighted by Crippen LogP contribution is 2.52. The van der Waals surface area contributed by atoms with Gasteiger partial charge < -0.3 is 25.1 Å². The van der Waals surface area contributed by atoms with Gasteiger partial charge in [0.05, 0.1) is 5.97 Å². The number of nitrogens with one attached hydrogen (secondary N) is 1. The third kappa shape index (κ3) is 2.45. The van der Waals surface area contributed by atoms with E-state index in [1.807, 2.05) is 0 Å². The van der Waals surface area contributed by atoms with Crippen LogP contribution in [0.25, 0.3) is 0 Å². The van der Waals surface area contributed by atoms with E-state index in [0.29, 0.717) is 5.69 Å². The standard InChI is InChI=1S/C16H17NO5/c18-14(17-11-5-3-8(4-6-11)15(19)20)12-9-1-2-10(7-9)13(12)16(21)22/h3-6,9-10,12-13H,1-2,7H2,(H,17,18)(H,19,20)(H,21,22)/p-2/t9-,10+,12+,13+/m1/s1. The van der Waals surface area contributed by atoms with Gasteiger partial charge in [0.2, 0.25) is 5.91 Å². The number of amides is 1. The van der Waals surface area contributed by atoms with Crippen LogP contribution in [0.1, 0.15) is 29.6 Å². The maximum absolute atomic E-state index is 12.4. The summed E-state index contributed by atoms with van der Waals surface area (Å²) in [4.78, 5) is 34.4. The zero-order valence-electron chi connectivity index (χ0n) is 11.8. The summed E-state index contributed by atoms with van der Waals surface area (Å²) in [6.07, 6.45) is 2.48. The Bertz CT molecular complexity index is 624. The molecule has 2 aliphatic rings. The molecule has 2 aliphatic carbocycles. The van der Waals surface area contributed by atoms with Gasteiger partial charge in [0.15, 0.2) is 0 Å². The summed E-state index contributed by atoms with van der Waals surface area (Å²) in [7, 11) is 0. The van der Waals surface area contributed by atoms with Gasteiger partial charge >= 0.3 is 0 Å². The van der Waals surface area contributed by atoms with Crippen molar-refractivity contribution in [2.75, 3.05) is 5.32 Å². The van der Waals surface area contributed by atoms with Gasteiger partial charge in [0.25, 0.3) is 0 Å². The Kier molecular flexibility index (Phi) is 3.60. The van der Waals surface area contributed by atoms with Gasteiger partial charge in [-0.05, 0) is 48.8 Å². The molecule has 0 saturated heterocycles. The Morgan fingerprint density at radius 2 is 1.55 bits per heavy atom. The summed E-state index contributed by atoms with van der Waals surface area (Å²) in [5.74, 6) is -3.93. The fourth-order valence-corrected chi connectivity index (χ4v) is 3.92. The van der Waals surface area contributed by atoms with E-state index in [2.05, 4.69) is 5.32 Å². The van der Waals surface area contributed by atoms with E-state index in [4.69, 9.17) is 0 Å². The van der Waals surface area contributed by atoms with Crippen LogP contribution in [-0.2, 0) is 9.59 Å². The van der Waals surface area contributed by atoms with Gasteiger partial charge in [-0.2, -0.15) is 0 Å². The number of fused-ring (bicyclic) bond motifs is 2. The Morgan fingerprint density at radius 3 is 2.09 bits per heavy atom. The van der Waals surface area contributed by atoms with Crippen LogP contribution in [0.3, 0.4) is 0 Å². The maximum Gasteiger partial charge on any atom is 0.228 e. The van der Waals surface area contributed by atoms with Crippen molar-refractivity contribution in [2.45, 2.75) is 19.3 Å². The summed E-state index contributed by atoms with van der Waals surface area (Å²) < 4.78 is 0. The van der Waals surface area contributed by atoms with Crippen molar-refractivity contribution in [3.8, 4) is 0 Å². The van der Waals surface area contributed by atoms with Crippen LogP contribution in [0.4, 0.5) is 5.69 Å². The number of anilines is 1. The number of carbonyl (C=O) groups is 3. The molecule has 0 heterocycles. The lowest BCUT2D eigenvalue weighted by Crippen LogP contribution is -2.43. The summed E-state index contributed by atoms with van der Waals surface area (Å²) in [6.45, 7) is 0. The molecule has 2 bridgehead atoms. The zero-order chi connectivity index (χ0) is 15.9. The molecule has 0 unspecified atom stereocenters. The van der Waals surface area contributed by atoms with E-state index < -0.39 is 23.8 Å². The van der Waals surface area contributed by atoms with Crippen molar-refractivity contribution in [2.24, 2.45) is 23.7 Å². The van der Waals surface area contributed by atoms with Crippen molar-refractivity contribution in [3.63, 3.8) is 0 Å². The maximum atomic E-state index is 12.4. The van der Waals surface area contributed by atoms with E-state index >= 15 is 0 Å². The largest absolute Gasteiger partial charge is 0.550 e. The van der Waals surface area contributed by atoms with Gasteiger partial charge in [-0.1, -0.05) is 12.1 Å². The highest BCUT2D eigenvalue weighted by atomic mass is 16.4. The normalized spacial score (nSPS) is 29.3. The van der Waals surface area contributed by atoms with Crippen LogP contribution in [0, 0.1) is 23.7 Å². The predicted molar refractivity (Wildman–Crippen MR) is 72.2 cm³/mol. The SMILES string of the molecule is O=C([O-])c1ccc(NC(=O)[C@H]2[C@@H]3CC[C@@H](C3)[C@@H]2C(=O)[O-])cc1. The predicted octanol–water partition coefficient (Wildman–Crippen LogP) is -0.599. The molecule has 0 aromatic heterocycles. The minimum atomic E-state index is -1.29. The van der Waals surface area contributed by atoms with Crippen molar-refractivity contribution < 1.29 is 24.6 Å². The summed E-state index contributed by atoms with van der Waals surface area (Å²) in [6, 6.07) is 5.60. The lowest BCUT2D eigenvalue weighted by Gasteiger charge is -2.30. The first kappa shape index (κ1) is 14.6. The van der Waals surface area contributed by atoms with Crippen molar-refractivity contribution in [1.29, 1.82) is 0 Å². The smallest absolute Gasteiger partial charge is 0.228 e. The number of hydrogen-bond donors (Lipinski definition) is 1. The fraction of sp³-hybridized carbons (Fsp3) is 0.438. The van der Waals surface area contributed by atoms with Gasteiger partial charge in [0.1, 0.15) is 0 Å². The molecule has 1 N–H and O–H groups in total. The van der Waals surface area contributed by atoms with Crippen LogP contribution >= 0.6 is 0 Å². The number of hydrogen-bond acceptors (Lipinski definition) is 5. The second-order valence-corrected chi connectivity index (χ2v) is 6.06. The summed E-state index contributed by atoms with van der Waals surface area (Å²) >= 11 is 0. The number of aromatic carboxylic acids is 1. The Morgan fingerprint density at radius 1 is 0.955 bits per heavy atom. The van der Waals surface area contributed by atoms with Gasteiger partial charge in [0, 0.05) is 23.5 Å². The van der Waals surface area contributed by atoms with E-state index in [9.17, 15) is 24.6 Å². The molecule has 6 heteroatoms. The molecule has 4 atom stereocenters. The Balaban J connectivity index is 1.73. The lowest BCUT2D eigenvalue weighted by atomic mass is 9.78. The molecule has 1 amide bonds. The van der Waals surface area contributed by atoms with E-state index in [1.165, 1.54) is 24.3 Å². The van der Waals surface area contributed by atoms with Crippen LogP contribution in [0.2, 0.25) is 0 Å². The van der Waals surface area contributed by atoms with Gasteiger partial charge in [-0.15, -0.1) is 0 Å². The van der Waals surface area contributed by atoms with Crippen LogP contribution < -0.4 is 15.5 Å². The second-order valence-electron chi connectivity index (χ2n) is 6.06. The topological polar surface area (TPSA) is 109 Å². The molecule has 0 aliphatic heterocycles. The first-order chi connectivity index (χ1) is 10.5. The number of benzene rings is 1. The molecule has 1 aromatic carbocycles. The third-order valence-electron chi connectivity index (χ3n) is 4.88. The molecule has 2 fully saturated rings. The van der Waals surface area contributed by atoms with Crippen molar-refractivity contribution >= 4 is 23.5 Å². The average molecular weight is 301 g/mol. The molecule has 6 nitrogen and oxygen atoms in total. The first-order valence-corrected chi connectivity index (χ1v) is 7.30. The monoisotopic (exact) mass is 301 g/mol. The van der Waals surface area contributed by atoms with Gasteiger partial charge in [-0.25, -0.2) is 0 Å². The zero-order valence-corrected chi connectivity index (χ0v) is 11.8. The fourth-order valence-electron chi connectivity index (χ4n) is 3.92. The number of aliphatic carboxylic acids is 1. The molecular weight excluding hydrogens is 286 g/mol. The second kappa shape index (κ2) is 5.44. The molecule has 22 heavy (non-hydrogen) atoms. The molecule has 116 valence electrons. The molecule has 2 saturated carbocycles. The number of rotatable bonds is 4. The van der Waals surface area contributed by atoms with E-state index in [0.717, 1.165) is 19.3 Å². The molecule has 0 radical (unpaired) electrons. The summed E-state index contributed by atoms with van der Waals surface area (Å²) in [5.41, 5.74) is 0.459. The minimum absolute atomic E-state index is 0.0190. The molecule has 3 rings (SSSR count).